The molecule has 2 fully saturated rings. The van der Waals surface area contributed by atoms with Crippen LogP contribution >= 0.6 is 0 Å². The number of nitrogens with one attached hydrogen (secondary N) is 1. The predicted octanol–water partition coefficient (Wildman–Crippen LogP) is 3.55. The van der Waals surface area contributed by atoms with Crippen molar-refractivity contribution in [3.05, 3.63) is 59.7 Å². The molecule has 34 heavy (non-hydrogen) atoms. The number of ether oxygens (including phenoxy) is 2. The Hall–Kier alpha value is -2.73. The standard InChI is InChI=1S/C28H33NO5/c1-16-9-8-12-20-13-17(2)18(3)24-21(14-19-10-6-5-7-11-19)29-26(32)28(20,24)34-23(30)15-22-27(4,33-22)25(16)31/h5-8,10-13,16,18,20-22,24H,9,14-15H2,1-4H3,(H,29,32)/t16-,18+,20-,21-,22-,24-,27+,28+/m0/s1. The van der Waals surface area contributed by atoms with Gasteiger partial charge in [0.1, 0.15) is 6.10 Å². The summed E-state index contributed by atoms with van der Waals surface area (Å²) in [5.41, 5.74) is 0.0379. The molecule has 1 N–H and O–H groups in total. The fourth-order valence-electron chi connectivity index (χ4n) is 6.31. The number of hydrogen-bond donors (Lipinski definition) is 1. The molecule has 1 aromatic rings. The molecule has 4 aliphatic rings. The number of hydrogen-bond acceptors (Lipinski definition) is 5. The lowest BCUT2D eigenvalue weighted by atomic mass is 9.63. The third-order valence-electron chi connectivity index (χ3n) is 8.44. The predicted molar refractivity (Wildman–Crippen MR) is 127 cm³/mol. The number of amides is 1. The van der Waals surface area contributed by atoms with Gasteiger partial charge < -0.3 is 14.8 Å². The van der Waals surface area contributed by atoms with Crippen LogP contribution in [-0.4, -0.2) is 41.0 Å². The van der Waals surface area contributed by atoms with E-state index in [1.54, 1.807) is 6.92 Å². The first-order valence-corrected chi connectivity index (χ1v) is 12.3. The van der Waals surface area contributed by atoms with E-state index in [9.17, 15) is 14.4 Å². The van der Waals surface area contributed by atoms with E-state index in [4.69, 9.17) is 9.47 Å². The first-order valence-electron chi connectivity index (χ1n) is 12.3. The normalized spacial score (nSPS) is 41.6. The van der Waals surface area contributed by atoms with Gasteiger partial charge in [0.2, 0.25) is 5.60 Å². The Morgan fingerprint density at radius 2 is 1.85 bits per heavy atom. The zero-order valence-electron chi connectivity index (χ0n) is 20.2. The molecule has 3 heterocycles. The van der Waals surface area contributed by atoms with Gasteiger partial charge in [0, 0.05) is 23.8 Å². The van der Waals surface area contributed by atoms with Crippen molar-refractivity contribution in [3.63, 3.8) is 0 Å². The average Bonchev–Trinajstić information content (AvgIpc) is 3.36. The van der Waals surface area contributed by atoms with Crippen LogP contribution in [0, 0.1) is 23.7 Å². The van der Waals surface area contributed by atoms with Crippen LogP contribution in [-0.2, 0) is 30.3 Å². The Labute approximate surface area is 200 Å². The molecule has 0 radical (unpaired) electrons. The smallest absolute Gasteiger partial charge is 0.309 e. The second kappa shape index (κ2) is 8.19. The molecule has 0 bridgehead atoms. The molecule has 6 heteroatoms. The lowest BCUT2D eigenvalue weighted by molar-refractivity contribution is -0.177. The summed E-state index contributed by atoms with van der Waals surface area (Å²) >= 11 is 0. The number of fused-ring (bicyclic) bond motifs is 1. The van der Waals surface area contributed by atoms with Gasteiger partial charge in [-0.3, -0.25) is 14.4 Å². The highest BCUT2D eigenvalue weighted by atomic mass is 16.6. The van der Waals surface area contributed by atoms with Crippen LogP contribution in [0.5, 0.6) is 0 Å². The number of ketones is 1. The first kappa shape index (κ1) is 23.0. The third-order valence-corrected chi connectivity index (χ3v) is 8.44. The van der Waals surface area contributed by atoms with Crippen molar-refractivity contribution in [2.24, 2.45) is 23.7 Å². The van der Waals surface area contributed by atoms with Crippen LogP contribution < -0.4 is 5.32 Å². The van der Waals surface area contributed by atoms with Crippen LogP contribution in [0.3, 0.4) is 0 Å². The van der Waals surface area contributed by atoms with Crippen molar-refractivity contribution in [2.75, 3.05) is 0 Å². The molecule has 0 unspecified atom stereocenters. The lowest BCUT2D eigenvalue weighted by Crippen LogP contribution is -2.56. The second-order valence-corrected chi connectivity index (χ2v) is 10.6. The van der Waals surface area contributed by atoms with Gasteiger partial charge in [0.05, 0.1) is 6.42 Å². The Morgan fingerprint density at radius 1 is 1.12 bits per heavy atom. The maximum atomic E-state index is 13.7. The molecule has 0 saturated carbocycles. The molecular weight excluding hydrogens is 430 g/mol. The monoisotopic (exact) mass is 463 g/mol. The molecule has 1 aliphatic carbocycles. The third kappa shape index (κ3) is 3.54. The summed E-state index contributed by atoms with van der Waals surface area (Å²) in [4.78, 5) is 39.8. The van der Waals surface area contributed by atoms with E-state index in [0.717, 1.165) is 5.56 Å². The van der Waals surface area contributed by atoms with Crippen LogP contribution in [0.2, 0.25) is 0 Å². The van der Waals surface area contributed by atoms with E-state index in [-0.39, 0.29) is 41.9 Å². The fourth-order valence-corrected chi connectivity index (χ4v) is 6.31. The lowest BCUT2D eigenvalue weighted by Gasteiger charge is -2.44. The van der Waals surface area contributed by atoms with E-state index in [1.807, 2.05) is 37.3 Å². The van der Waals surface area contributed by atoms with Crippen molar-refractivity contribution in [2.45, 2.75) is 70.3 Å². The number of rotatable bonds is 2. The maximum absolute atomic E-state index is 13.7. The molecular formula is C28H33NO5. The minimum absolute atomic E-state index is 0.00800. The Bertz CT molecular complexity index is 1080. The molecule has 1 spiro atoms. The van der Waals surface area contributed by atoms with Gasteiger partial charge in [0.15, 0.2) is 11.4 Å². The highest BCUT2D eigenvalue weighted by Crippen LogP contribution is 2.51. The summed E-state index contributed by atoms with van der Waals surface area (Å²) in [6.45, 7) is 7.83. The maximum Gasteiger partial charge on any atom is 0.309 e. The molecule has 3 aliphatic heterocycles. The quantitative estimate of drug-likeness (QED) is 0.412. The molecule has 180 valence electrons. The van der Waals surface area contributed by atoms with Crippen molar-refractivity contribution in [1.29, 1.82) is 0 Å². The first-order chi connectivity index (χ1) is 16.2. The zero-order chi connectivity index (χ0) is 24.3. The molecule has 2 saturated heterocycles. The molecule has 5 rings (SSSR count). The molecule has 8 atom stereocenters. The molecule has 0 aromatic heterocycles. The number of benzene rings is 1. The summed E-state index contributed by atoms with van der Waals surface area (Å²) in [6.07, 6.45) is 6.65. The molecule has 6 nitrogen and oxygen atoms in total. The number of allylic oxidation sites excluding steroid dienone is 2. The SMILES string of the molecule is CC1=C[C@@H]2C=CC[C@H](C)C(=O)[C@]3(C)O[C@H]3CC(=O)O[C@]23C(=O)N[C@@H](Cc2ccccc2)[C@@H]3[C@@H]1C. The van der Waals surface area contributed by atoms with E-state index < -0.39 is 29.2 Å². The van der Waals surface area contributed by atoms with Gasteiger partial charge in [-0.25, -0.2) is 0 Å². The zero-order valence-corrected chi connectivity index (χ0v) is 20.2. The van der Waals surface area contributed by atoms with Crippen LogP contribution in [0.25, 0.3) is 0 Å². The molecule has 1 amide bonds. The van der Waals surface area contributed by atoms with Crippen molar-refractivity contribution >= 4 is 17.7 Å². The summed E-state index contributed by atoms with van der Waals surface area (Å²) in [6, 6.07) is 9.92. The Balaban J connectivity index is 1.56. The summed E-state index contributed by atoms with van der Waals surface area (Å²) in [5, 5.41) is 3.19. The average molecular weight is 464 g/mol. The minimum Gasteiger partial charge on any atom is -0.447 e. The topological polar surface area (TPSA) is 85.0 Å². The van der Waals surface area contributed by atoms with E-state index >= 15 is 0 Å². The van der Waals surface area contributed by atoms with Crippen LogP contribution in [0.4, 0.5) is 0 Å². The molecule has 1 aromatic carbocycles. The van der Waals surface area contributed by atoms with E-state index in [0.29, 0.717) is 12.8 Å². The van der Waals surface area contributed by atoms with E-state index in [2.05, 4.69) is 37.4 Å². The number of epoxide rings is 1. The number of carbonyl (C=O) groups excluding carboxylic acids is 3. The van der Waals surface area contributed by atoms with Gasteiger partial charge in [0.25, 0.3) is 5.91 Å². The highest BCUT2D eigenvalue weighted by molar-refractivity contribution is 5.94. The van der Waals surface area contributed by atoms with Gasteiger partial charge in [-0.2, -0.15) is 0 Å². The summed E-state index contributed by atoms with van der Waals surface area (Å²) in [7, 11) is 0. The van der Waals surface area contributed by atoms with E-state index in [1.165, 1.54) is 5.57 Å². The van der Waals surface area contributed by atoms with Crippen molar-refractivity contribution in [3.8, 4) is 0 Å². The van der Waals surface area contributed by atoms with Crippen molar-refractivity contribution < 1.29 is 23.9 Å². The summed E-state index contributed by atoms with van der Waals surface area (Å²) in [5.74, 6) is -1.51. The number of esters is 1. The van der Waals surface area contributed by atoms with Crippen molar-refractivity contribution in [1.82, 2.24) is 5.32 Å². The Morgan fingerprint density at radius 3 is 2.59 bits per heavy atom. The second-order valence-electron chi connectivity index (χ2n) is 10.6. The number of carbonyl (C=O) groups is 3. The Kier molecular flexibility index (Phi) is 5.55. The van der Waals surface area contributed by atoms with Crippen LogP contribution in [0.1, 0.15) is 46.1 Å². The highest BCUT2D eigenvalue weighted by Gasteiger charge is 2.66. The van der Waals surface area contributed by atoms with Gasteiger partial charge >= 0.3 is 5.97 Å². The van der Waals surface area contributed by atoms with Gasteiger partial charge in [-0.05, 0) is 38.2 Å². The van der Waals surface area contributed by atoms with Crippen LogP contribution in [0.15, 0.2) is 54.1 Å². The van der Waals surface area contributed by atoms with Gasteiger partial charge in [-0.15, -0.1) is 0 Å². The minimum atomic E-state index is -1.32. The van der Waals surface area contributed by atoms with Gasteiger partial charge in [-0.1, -0.05) is 68.0 Å². The summed E-state index contributed by atoms with van der Waals surface area (Å²) < 4.78 is 11.9. The largest absolute Gasteiger partial charge is 0.447 e. The fraction of sp³-hybridized carbons (Fsp3) is 0.536. The number of Topliss-reactive ketones (excluding diaryl/α,β-unsaturated/α-hetero) is 1.